The molecule has 0 aromatic carbocycles. The van der Waals surface area contributed by atoms with Gasteiger partial charge in [-0.2, -0.15) is 0 Å². The van der Waals surface area contributed by atoms with Gasteiger partial charge in [0.15, 0.2) is 5.82 Å². The fraction of sp³-hybridized carbons (Fsp3) is 0.583. The normalized spacial score (nSPS) is 11.3. The third kappa shape index (κ3) is 3.14. The lowest BCUT2D eigenvalue weighted by molar-refractivity contribution is 0.304. The van der Waals surface area contributed by atoms with Crippen LogP contribution >= 0.6 is 11.3 Å². The van der Waals surface area contributed by atoms with Gasteiger partial charge >= 0.3 is 0 Å². The number of aromatic nitrogens is 4. The standard InChI is InChI=1S/C12H19N5S/c1-4-6-17-12(13-14-15-17)9-16(3)8-11-10(2)5-7-18-11/h5,7H,4,6,8-9H2,1-3H3. The Morgan fingerprint density at radius 3 is 2.89 bits per heavy atom. The molecule has 98 valence electrons. The van der Waals surface area contributed by atoms with Gasteiger partial charge in [0.2, 0.25) is 0 Å². The molecule has 0 fully saturated rings. The van der Waals surface area contributed by atoms with Crippen molar-refractivity contribution in [2.45, 2.75) is 39.9 Å². The molecule has 2 heterocycles. The van der Waals surface area contributed by atoms with E-state index in [4.69, 9.17) is 0 Å². The maximum Gasteiger partial charge on any atom is 0.165 e. The number of hydrogen-bond acceptors (Lipinski definition) is 5. The van der Waals surface area contributed by atoms with Gasteiger partial charge in [-0.25, -0.2) is 4.68 Å². The molecule has 0 amide bonds. The number of aryl methyl sites for hydroxylation is 2. The molecule has 2 rings (SSSR count). The monoisotopic (exact) mass is 265 g/mol. The maximum atomic E-state index is 4.09. The predicted octanol–water partition coefficient (Wildman–Crippen LogP) is 2.09. The number of tetrazole rings is 1. The van der Waals surface area contributed by atoms with E-state index in [2.05, 4.69) is 52.8 Å². The zero-order chi connectivity index (χ0) is 13.0. The molecule has 5 nitrogen and oxygen atoms in total. The molecule has 0 aliphatic rings. The van der Waals surface area contributed by atoms with Gasteiger partial charge in [0.05, 0.1) is 6.54 Å². The summed E-state index contributed by atoms with van der Waals surface area (Å²) in [6.45, 7) is 6.89. The minimum atomic E-state index is 0.782. The van der Waals surface area contributed by atoms with Gasteiger partial charge in [0, 0.05) is 18.0 Å². The van der Waals surface area contributed by atoms with Crippen LogP contribution in [0.3, 0.4) is 0 Å². The van der Waals surface area contributed by atoms with Crippen molar-refractivity contribution in [3.8, 4) is 0 Å². The second kappa shape index (κ2) is 6.06. The van der Waals surface area contributed by atoms with Gasteiger partial charge in [-0.15, -0.1) is 16.4 Å². The summed E-state index contributed by atoms with van der Waals surface area (Å²) >= 11 is 1.80. The van der Waals surface area contributed by atoms with Crippen LogP contribution in [-0.4, -0.2) is 32.2 Å². The van der Waals surface area contributed by atoms with Crippen LogP contribution < -0.4 is 0 Å². The second-order valence-electron chi connectivity index (χ2n) is 4.52. The Morgan fingerprint density at radius 1 is 1.39 bits per heavy atom. The van der Waals surface area contributed by atoms with Crippen LogP contribution in [-0.2, 0) is 19.6 Å². The molecule has 2 aromatic heterocycles. The molecular formula is C12H19N5S. The highest BCUT2D eigenvalue weighted by molar-refractivity contribution is 7.10. The zero-order valence-corrected chi connectivity index (χ0v) is 11.9. The van der Waals surface area contributed by atoms with Gasteiger partial charge in [-0.05, 0) is 47.8 Å². The van der Waals surface area contributed by atoms with Crippen molar-refractivity contribution in [1.82, 2.24) is 25.1 Å². The summed E-state index contributed by atoms with van der Waals surface area (Å²) < 4.78 is 1.89. The van der Waals surface area contributed by atoms with Gasteiger partial charge in [0.1, 0.15) is 0 Å². The molecule has 0 aliphatic carbocycles. The summed E-state index contributed by atoms with van der Waals surface area (Å²) in [6.07, 6.45) is 1.05. The van der Waals surface area contributed by atoms with Gasteiger partial charge in [0.25, 0.3) is 0 Å². The zero-order valence-electron chi connectivity index (χ0n) is 11.1. The summed E-state index contributed by atoms with van der Waals surface area (Å²) in [7, 11) is 2.10. The fourth-order valence-electron chi connectivity index (χ4n) is 1.83. The smallest absolute Gasteiger partial charge is 0.165 e. The number of thiophene rings is 1. The van der Waals surface area contributed by atoms with Crippen molar-refractivity contribution < 1.29 is 0 Å². The van der Waals surface area contributed by atoms with E-state index in [0.717, 1.165) is 31.9 Å². The highest BCUT2D eigenvalue weighted by Crippen LogP contribution is 2.17. The average molecular weight is 265 g/mol. The van der Waals surface area contributed by atoms with Crippen molar-refractivity contribution in [1.29, 1.82) is 0 Å². The van der Waals surface area contributed by atoms with Crippen molar-refractivity contribution in [3.63, 3.8) is 0 Å². The van der Waals surface area contributed by atoms with Crippen LogP contribution in [0.2, 0.25) is 0 Å². The Morgan fingerprint density at radius 2 is 2.22 bits per heavy atom. The van der Waals surface area contributed by atoms with Crippen LogP contribution in [0.15, 0.2) is 11.4 Å². The van der Waals surface area contributed by atoms with E-state index >= 15 is 0 Å². The molecule has 6 heteroatoms. The van der Waals surface area contributed by atoms with E-state index in [1.807, 2.05) is 4.68 Å². The summed E-state index contributed by atoms with van der Waals surface area (Å²) in [5.41, 5.74) is 1.36. The second-order valence-corrected chi connectivity index (χ2v) is 5.52. The summed E-state index contributed by atoms with van der Waals surface area (Å²) in [5, 5.41) is 14.0. The van der Waals surface area contributed by atoms with Crippen LogP contribution in [0, 0.1) is 6.92 Å². The molecular weight excluding hydrogens is 246 g/mol. The first-order valence-electron chi connectivity index (χ1n) is 6.17. The lowest BCUT2D eigenvalue weighted by Gasteiger charge is -2.15. The summed E-state index contributed by atoms with van der Waals surface area (Å²) in [6, 6.07) is 2.16. The third-order valence-corrected chi connectivity index (χ3v) is 3.84. The topological polar surface area (TPSA) is 46.8 Å². The molecule has 0 spiro atoms. The van der Waals surface area contributed by atoms with Crippen molar-refractivity contribution in [2.75, 3.05) is 7.05 Å². The highest BCUT2D eigenvalue weighted by Gasteiger charge is 2.10. The van der Waals surface area contributed by atoms with Crippen molar-refractivity contribution in [2.24, 2.45) is 0 Å². The molecule has 0 N–H and O–H groups in total. The Bertz CT molecular complexity index is 490. The Kier molecular flexibility index (Phi) is 4.43. The first kappa shape index (κ1) is 13.2. The molecule has 0 radical (unpaired) electrons. The lowest BCUT2D eigenvalue weighted by Crippen LogP contribution is -2.20. The van der Waals surface area contributed by atoms with Gasteiger partial charge in [-0.1, -0.05) is 6.92 Å². The van der Waals surface area contributed by atoms with Crippen LogP contribution in [0.4, 0.5) is 0 Å². The van der Waals surface area contributed by atoms with Gasteiger partial charge < -0.3 is 0 Å². The maximum absolute atomic E-state index is 4.09. The first-order valence-corrected chi connectivity index (χ1v) is 7.05. The quantitative estimate of drug-likeness (QED) is 0.802. The van der Waals surface area contributed by atoms with E-state index in [1.54, 1.807) is 11.3 Å². The molecule has 0 atom stereocenters. The van der Waals surface area contributed by atoms with Crippen LogP contribution in [0.25, 0.3) is 0 Å². The van der Waals surface area contributed by atoms with Crippen molar-refractivity contribution in [3.05, 3.63) is 27.7 Å². The highest BCUT2D eigenvalue weighted by atomic mass is 32.1. The van der Waals surface area contributed by atoms with Crippen LogP contribution in [0.5, 0.6) is 0 Å². The molecule has 0 bridgehead atoms. The average Bonchev–Trinajstić information content (AvgIpc) is 2.91. The molecule has 0 saturated heterocycles. The molecule has 0 saturated carbocycles. The lowest BCUT2D eigenvalue weighted by atomic mass is 10.3. The first-order chi connectivity index (χ1) is 8.70. The third-order valence-electron chi connectivity index (χ3n) is 2.83. The van der Waals surface area contributed by atoms with E-state index < -0.39 is 0 Å². The minimum Gasteiger partial charge on any atom is -0.294 e. The largest absolute Gasteiger partial charge is 0.294 e. The molecule has 18 heavy (non-hydrogen) atoms. The summed E-state index contributed by atoms with van der Waals surface area (Å²) in [5.74, 6) is 0.938. The fourth-order valence-corrected chi connectivity index (χ4v) is 2.82. The van der Waals surface area contributed by atoms with Gasteiger partial charge in [-0.3, -0.25) is 4.90 Å². The summed E-state index contributed by atoms with van der Waals surface area (Å²) in [4.78, 5) is 3.66. The van der Waals surface area contributed by atoms with E-state index in [-0.39, 0.29) is 0 Å². The number of nitrogens with zero attached hydrogens (tertiary/aromatic N) is 5. The molecule has 0 aliphatic heterocycles. The molecule has 0 unspecified atom stereocenters. The Balaban J connectivity index is 1.96. The van der Waals surface area contributed by atoms with E-state index in [9.17, 15) is 0 Å². The molecule has 2 aromatic rings. The van der Waals surface area contributed by atoms with Crippen molar-refractivity contribution >= 4 is 11.3 Å². The minimum absolute atomic E-state index is 0.782. The number of hydrogen-bond donors (Lipinski definition) is 0. The SMILES string of the molecule is CCCn1nnnc1CN(C)Cc1sccc1C. The van der Waals surface area contributed by atoms with E-state index in [0.29, 0.717) is 0 Å². The van der Waals surface area contributed by atoms with E-state index in [1.165, 1.54) is 10.4 Å². The Hall–Kier alpha value is -1.27. The predicted molar refractivity (Wildman–Crippen MR) is 72.3 cm³/mol. The Labute approximate surface area is 111 Å². The number of rotatable bonds is 6. The van der Waals surface area contributed by atoms with Crippen LogP contribution in [0.1, 0.15) is 29.6 Å².